The molecule has 2 aliphatic heterocycles. The fourth-order valence-electron chi connectivity index (χ4n) is 5.77. The van der Waals surface area contributed by atoms with E-state index < -0.39 is 32.6 Å². The molecule has 2 N–H and O–H groups in total. The van der Waals surface area contributed by atoms with E-state index in [0.717, 1.165) is 0 Å². The fraction of sp³-hybridized carbons (Fsp3) is 0.538. The Morgan fingerprint density at radius 1 is 1.11 bits per heavy atom. The van der Waals surface area contributed by atoms with Crippen molar-refractivity contribution >= 4 is 31.4 Å². The van der Waals surface area contributed by atoms with Crippen LogP contribution in [0.2, 0.25) is 10.1 Å². The van der Waals surface area contributed by atoms with E-state index in [1.54, 1.807) is 42.1 Å². The second-order valence-corrected chi connectivity index (χ2v) is 16.8. The SMILES string of the molecule is CC(C)(C)[Si]1(C(C)(C)C)OC[C@H]2O[C@@H](n3cnc4c(NC(=O)c5ccccc5)ncnc43)[C@](C)(O)[C@@H]2O1. The summed E-state index contributed by atoms with van der Waals surface area (Å²) in [5.41, 5.74) is -0.0677. The van der Waals surface area contributed by atoms with Crippen molar-refractivity contribution < 1.29 is 23.5 Å². The number of carbonyl (C=O) groups excluding carboxylic acids is 1. The number of amides is 1. The van der Waals surface area contributed by atoms with Crippen LogP contribution in [0, 0.1) is 0 Å². The molecule has 10 nitrogen and oxygen atoms in total. The van der Waals surface area contributed by atoms with Gasteiger partial charge in [-0.05, 0) is 19.1 Å². The van der Waals surface area contributed by atoms with Gasteiger partial charge in [-0.2, -0.15) is 0 Å². The van der Waals surface area contributed by atoms with E-state index >= 15 is 0 Å². The van der Waals surface area contributed by atoms with Gasteiger partial charge in [-0.3, -0.25) is 9.36 Å². The fourth-order valence-corrected chi connectivity index (χ4v) is 10.8. The lowest BCUT2D eigenvalue weighted by Gasteiger charge is -2.54. The number of imidazole rings is 1. The van der Waals surface area contributed by atoms with Crippen LogP contribution in [0.1, 0.15) is 65.1 Å². The molecule has 2 aliphatic rings. The van der Waals surface area contributed by atoms with Gasteiger partial charge in [0.1, 0.15) is 24.1 Å². The highest BCUT2D eigenvalue weighted by molar-refractivity contribution is 6.73. The Bertz CT molecular complexity index is 1300. The lowest BCUT2D eigenvalue weighted by molar-refractivity contribution is -0.0951. The van der Waals surface area contributed by atoms with Gasteiger partial charge in [-0.25, -0.2) is 15.0 Å². The van der Waals surface area contributed by atoms with E-state index in [1.807, 2.05) is 6.07 Å². The Labute approximate surface area is 217 Å². The molecular weight excluding hydrogens is 490 g/mol. The Balaban J connectivity index is 1.47. The first kappa shape index (κ1) is 25.9. The Morgan fingerprint density at radius 2 is 1.78 bits per heavy atom. The van der Waals surface area contributed by atoms with Crippen LogP contribution in [-0.4, -0.2) is 63.5 Å². The molecule has 11 heteroatoms. The molecule has 0 unspecified atom stereocenters. The summed E-state index contributed by atoms with van der Waals surface area (Å²) in [6.07, 6.45) is 1.03. The third-order valence-corrected chi connectivity index (χ3v) is 12.4. The maximum atomic E-state index is 12.7. The number of anilines is 1. The number of ether oxygens (including phenoxy) is 1. The van der Waals surface area contributed by atoms with Gasteiger partial charge >= 0.3 is 8.56 Å². The van der Waals surface area contributed by atoms with Crippen molar-refractivity contribution in [3.8, 4) is 0 Å². The lowest BCUT2D eigenvalue weighted by Crippen LogP contribution is -2.66. The van der Waals surface area contributed by atoms with Gasteiger partial charge in [0.2, 0.25) is 0 Å². The molecule has 0 saturated carbocycles. The molecule has 198 valence electrons. The molecule has 0 bridgehead atoms. The quantitative estimate of drug-likeness (QED) is 0.489. The third-order valence-electron chi connectivity index (χ3n) is 7.32. The molecule has 37 heavy (non-hydrogen) atoms. The van der Waals surface area contributed by atoms with Gasteiger partial charge in [0.05, 0.1) is 12.9 Å². The largest absolute Gasteiger partial charge is 0.391 e. The van der Waals surface area contributed by atoms with Gasteiger partial charge in [-0.15, -0.1) is 0 Å². The summed E-state index contributed by atoms with van der Waals surface area (Å²) in [6.45, 7) is 14.9. The van der Waals surface area contributed by atoms with E-state index in [2.05, 4.69) is 61.8 Å². The first-order valence-electron chi connectivity index (χ1n) is 12.5. The first-order valence-corrected chi connectivity index (χ1v) is 14.3. The number of aliphatic hydroxyl groups is 1. The number of carbonyl (C=O) groups is 1. The standard InChI is InChI=1S/C26H35N5O5Si/c1-24(2,3)37(25(4,5)6)34-13-17-19(36-37)26(7,33)23(35-17)31-15-29-18-20(27-14-28-21(18)31)30-22(32)16-11-9-8-10-12-16/h8-12,14-15,17,19,23,33H,13H2,1-7H3,(H,27,28,30,32)/t17-,19-,23-,26-/m1/s1. The van der Waals surface area contributed by atoms with Crippen molar-refractivity contribution in [1.82, 2.24) is 19.5 Å². The normalized spacial score (nSPS) is 27.7. The molecule has 5 rings (SSSR count). The molecule has 3 aromatic rings. The first-order chi connectivity index (χ1) is 17.3. The van der Waals surface area contributed by atoms with Crippen molar-refractivity contribution in [3.63, 3.8) is 0 Å². The average Bonchev–Trinajstić information content (AvgIpc) is 3.36. The second kappa shape index (κ2) is 8.67. The summed E-state index contributed by atoms with van der Waals surface area (Å²) in [5.74, 6) is -0.0272. The van der Waals surface area contributed by atoms with Gasteiger partial charge in [0, 0.05) is 15.6 Å². The summed E-state index contributed by atoms with van der Waals surface area (Å²) < 4.78 is 21.4. The number of aromatic nitrogens is 4. The molecule has 0 spiro atoms. The van der Waals surface area contributed by atoms with Crippen molar-refractivity contribution in [2.45, 2.75) is 82.6 Å². The highest BCUT2D eigenvalue weighted by Gasteiger charge is 2.67. The van der Waals surface area contributed by atoms with E-state index in [9.17, 15) is 9.90 Å². The average molecular weight is 526 g/mol. The summed E-state index contributed by atoms with van der Waals surface area (Å²) in [5, 5.41) is 14.2. The van der Waals surface area contributed by atoms with Crippen LogP contribution in [0.4, 0.5) is 5.82 Å². The zero-order valence-electron chi connectivity index (χ0n) is 22.3. The second-order valence-electron chi connectivity index (χ2n) is 12.1. The smallest absolute Gasteiger partial charge is 0.349 e. The molecule has 2 saturated heterocycles. The van der Waals surface area contributed by atoms with Crippen molar-refractivity contribution in [2.24, 2.45) is 0 Å². The van der Waals surface area contributed by atoms with Crippen molar-refractivity contribution in [3.05, 3.63) is 48.5 Å². The number of hydrogen-bond donors (Lipinski definition) is 2. The summed E-state index contributed by atoms with van der Waals surface area (Å²) in [6, 6.07) is 8.87. The van der Waals surface area contributed by atoms with E-state index in [-0.39, 0.29) is 21.8 Å². The minimum Gasteiger partial charge on any atom is -0.391 e. The maximum absolute atomic E-state index is 12.7. The number of fused-ring (bicyclic) bond motifs is 2. The molecule has 4 heterocycles. The summed E-state index contributed by atoms with van der Waals surface area (Å²) >= 11 is 0. The van der Waals surface area contributed by atoms with Gasteiger partial charge in [-0.1, -0.05) is 59.7 Å². The van der Waals surface area contributed by atoms with Gasteiger partial charge in [0.25, 0.3) is 5.91 Å². The van der Waals surface area contributed by atoms with Crippen molar-refractivity contribution in [1.29, 1.82) is 0 Å². The maximum Gasteiger partial charge on any atom is 0.349 e. The zero-order valence-corrected chi connectivity index (χ0v) is 23.3. The van der Waals surface area contributed by atoms with Gasteiger partial charge in [0.15, 0.2) is 23.2 Å². The number of benzene rings is 1. The number of nitrogens with one attached hydrogen (secondary N) is 1. The predicted molar refractivity (Wildman–Crippen MR) is 140 cm³/mol. The molecule has 2 fully saturated rings. The molecule has 0 aliphatic carbocycles. The molecular formula is C26H35N5O5Si. The number of rotatable bonds is 3. The van der Waals surface area contributed by atoms with E-state index in [1.165, 1.54) is 6.33 Å². The zero-order chi connectivity index (χ0) is 26.8. The molecule has 0 radical (unpaired) electrons. The van der Waals surface area contributed by atoms with Crippen LogP contribution in [-0.2, 0) is 13.6 Å². The number of nitrogens with zero attached hydrogens (tertiary/aromatic N) is 4. The van der Waals surface area contributed by atoms with E-state index in [0.29, 0.717) is 23.3 Å². The monoisotopic (exact) mass is 525 g/mol. The van der Waals surface area contributed by atoms with Crippen LogP contribution in [0.5, 0.6) is 0 Å². The lowest BCUT2D eigenvalue weighted by atomic mass is 9.96. The topological polar surface area (TPSA) is 121 Å². The third kappa shape index (κ3) is 4.09. The van der Waals surface area contributed by atoms with Crippen LogP contribution in [0.25, 0.3) is 11.2 Å². The minimum atomic E-state index is -2.83. The van der Waals surface area contributed by atoms with E-state index in [4.69, 9.17) is 13.6 Å². The Morgan fingerprint density at radius 3 is 2.43 bits per heavy atom. The highest BCUT2D eigenvalue weighted by atomic mass is 28.4. The summed E-state index contributed by atoms with van der Waals surface area (Å²) in [7, 11) is -2.83. The number of hydrogen-bond acceptors (Lipinski definition) is 8. The molecule has 1 aromatic carbocycles. The predicted octanol–water partition coefficient (Wildman–Crippen LogP) is 4.18. The molecule has 2 aromatic heterocycles. The Hall–Kier alpha value is -2.70. The van der Waals surface area contributed by atoms with Crippen molar-refractivity contribution in [2.75, 3.05) is 11.9 Å². The van der Waals surface area contributed by atoms with Gasteiger partial charge < -0.3 is 24.0 Å². The minimum absolute atomic E-state index is 0.231. The highest BCUT2D eigenvalue weighted by Crippen LogP contribution is 2.57. The van der Waals surface area contributed by atoms with Crippen LogP contribution < -0.4 is 5.32 Å². The van der Waals surface area contributed by atoms with Crippen LogP contribution in [0.15, 0.2) is 43.0 Å². The summed E-state index contributed by atoms with van der Waals surface area (Å²) in [4.78, 5) is 25.8. The molecule has 1 amide bonds. The van der Waals surface area contributed by atoms with Crippen LogP contribution >= 0.6 is 0 Å². The Kier molecular flexibility index (Phi) is 6.07. The van der Waals surface area contributed by atoms with Crippen LogP contribution in [0.3, 0.4) is 0 Å². The molecule has 4 atom stereocenters.